The number of carboxylic acids is 1. The summed E-state index contributed by atoms with van der Waals surface area (Å²) in [6.07, 6.45) is 3.38. The molecule has 3 aromatic rings. The Morgan fingerprint density at radius 2 is 1.88 bits per heavy atom. The summed E-state index contributed by atoms with van der Waals surface area (Å²) in [6.45, 7) is 0.0535. The van der Waals surface area contributed by atoms with Gasteiger partial charge in [0.25, 0.3) is 0 Å². The molecule has 2 aromatic carbocycles. The van der Waals surface area contributed by atoms with Crippen molar-refractivity contribution < 1.29 is 27.8 Å². The molecule has 1 aromatic heterocycles. The van der Waals surface area contributed by atoms with Crippen LogP contribution in [0.5, 0.6) is 5.75 Å². The molecule has 0 aliphatic heterocycles. The summed E-state index contributed by atoms with van der Waals surface area (Å²) >= 11 is 0. The van der Waals surface area contributed by atoms with Crippen molar-refractivity contribution in [3.8, 4) is 5.75 Å². The third-order valence-electron chi connectivity index (χ3n) is 6.45. The summed E-state index contributed by atoms with van der Waals surface area (Å²) < 4.78 is 47.0. The Bertz CT molecular complexity index is 1110. The Balaban J connectivity index is 1.46. The Kier molecular flexibility index (Phi) is 6.96. The first-order valence-corrected chi connectivity index (χ1v) is 11.5. The van der Waals surface area contributed by atoms with Crippen molar-refractivity contribution in [2.24, 2.45) is 0 Å². The number of unbranched alkanes of at least 4 members (excludes halogenated alkanes) is 1. The predicted molar refractivity (Wildman–Crippen MR) is 120 cm³/mol. The van der Waals surface area contributed by atoms with Gasteiger partial charge in [0, 0.05) is 23.5 Å². The molecule has 0 atom stereocenters. The largest absolute Gasteiger partial charge is 0.489 e. The lowest BCUT2D eigenvalue weighted by Gasteiger charge is -2.19. The van der Waals surface area contributed by atoms with Crippen molar-refractivity contribution in [1.82, 2.24) is 4.98 Å². The van der Waals surface area contributed by atoms with Crippen molar-refractivity contribution >= 4 is 16.9 Å². The van der Waals surface area contributed by atoms with Gasteiger partial charge in [0.15, 0.2) is 0 Å². The number of nitrogens with one attached hydrogen (secondary N) is 1. The van der Waals surface area contributed by atoms with Gasteiger partial charge in [0.05, 0.1) is 5.56 Å². The molecule has 0 amide bonds. The quantitative estimate of drug-likeness (QED) is 0.332. The summed E-state index contributed by atoms with van der Waals surface area (Å²) in [5.41, 5.74) is 2.37. The van der Waals surface area contributed by atoms with Crippen molar-refractivity contribution in [2.45, 2.75) is 70.1 Å². The number of ether oxygens (including phenoxy) is 1. The second-order valence-corrected chi connectivity index (χ2v) is 8.81. The van der Waals surface area contributed by atoms with Gasteiger partial charge in [-0.15, -0.1) is 0 Å². The fourth-order valence-corrected chi connectivity index (χ4v) is 4.74. The van der Waals surface area contributed by atoms with Crippen LogP contribution >= 0.6 is 0 Å². The molecule has 33 heavy (non-hydrogen) atoms. The van der Waals surface area contributed by atoms with Crippen molar-refractivity contribution in [3.63, 3.8) is 0 Å². The Hall–Kier alpha value is -2.96. The van der Waals surface area contributed by atoms with E-state index in [0.29, 0.717) is 23.3 Å². The molecule has 7 heteroatoms. The monoisotopic (exact) mass is 459 g/mol. The molecule has 1 saturated carbocycles. The summed E-state index contributed by atoms with van der Waals surface area (Å²) in [6, 6.07) is 10.2. The number of rotatable bonds is 9. The number of fused-ring (bicyclic) bond motifs is 1. The maximum Gasteiger partial charge on any atom is 0.416 e. The number of carboxylic acid groups (broad SMARTS) is 1. The number of hydrogen-bond donors (Lipinski definition) is 2. The second kappa shape index (κ2) is 9.89. The van der Waals surface area contributed by atoms with Gasteiger partial charge in [-0.05, 0) is 79.0 Å². The minimum atomic E-state index is -4.38. The number of halogens is 3. The SMILES string of the molecule is O=C(O)CCCCc1c[nH]c2ccc(OCc3ccc(C4CCCC4)c(C(F)(F)F)c3)cc12. The lowest BCUT2D eigenvalue weighted by Crippen LogP contribution is -2.12. The first-order valence-electron chi connectivity index (χ1n) is 11.5. The maximum atomic E-state index is 13.7. The average Bonchev–Trinajstić information content (AvgIpc) is 3.44. The smallest absolute Gasteiger partial charge is 0.416 e. The van der Waals surface area contributed by atoms with Gasteiger partial charge in [-0.25, -0.2) is 0 Å². The molecule has 1 heterocycles. The van der Waals surface area contributed by atoms with Gasteiger partial charge in [-0.2, -0.15) is 13.2 Å². The van der Waals surface area contributed by atoms with Gasteiger partial charge in [-0.3, -0.25) is 4.79 Å². The molecule has 0 saturated heterocycles. The van der Waals surface area contributed by atoms with Crippen molar-refractivity contribution in [3.05, 3.63) is 64.8 Å². The van der Waals surface area contributed by atoms with E-state index in [1.54, 1.807) is 18.2 Å². The Labute approximate surface area is 190 Å². The summed E-state index contributed by atoms with van der Waals surface area (Å²) in [5.74, 6) is -0.224. The zero-order valence-corrected chi connectivity index (χ0v) is 18.4. The zero-order chi connectivity index (χ0) is 23.4. The molecule has 1 fully saturated rings. The van der Waals surface area contributed by atoms with Crippen LogP contribution in [0.2, 0.25) is 0 Å². The number of hydrogen-bond acceptors (Lipinski definition) is 2. The molecule has 0 spiro atoms. The number of carbonyl (C=O) groups is 1. The van der Waals surface area contributed by atoms with Crippen LogP contribution in [0.1, 0.15) is 73.1 Å². The highest BCUT2D eigenvalue weighted by molar-refractivity contribution is 5.84. The molecule has 0 radical (unpaired) electrons. The second-order valence-electron chi connectivity index (χ2n) is 8.81. The lowest BCUT2D eigenvalue weighted by atomic mass is 9.91. The molecule has 2 N–H and O–H groups in total. The molecule has 4 nitrogen and oxygen atoms in total. The number of aliphatic carboxylic acids is 1. The van der Waals surface area contributed by atoms with E-state index in [1.807, 2.05) is 18.3 Å². The maximum absolute atomic E-state index is 13.7. The van der Waals surface area contributed by atoms with E-state index in [9.17, 15) is 18.0 Å². The fraction of sp³-hybridized carbons (Fsp3) is 0.423. The fourth-order valence-electron chi connectivity index (χ4n) is 4.74. The Morgan fingerprint density at radius 3 is 2.61 bits per heavy atom. The van der Waals surface area contributed by atoms with E-state index >= 15 is 0 Å². The molecule has 176 valence electrons. The van der Waals surface area contributed by atoms with E-state index in [2.05, 4.69) is 4.98 Å². The number of aryl methyl sites for hydroxylation is 1. The predicted octanol–water partition coefficient (Wildman–Crippen LogP) is 7.22. The standard InChI is InChI=1S/C26H28F3NO3/c27-26(28,29)23-13-17(9-11-21(23)18-5-1-2-6-18)16-33-20-10-12-24-22(14-20)19(15-30-24)7-3-4-8-25(31)32/h9-15,18,30H,1-8,16H2,(H,31,32). The Morgan fingerprint density at radius 1 is 1.09 bits per heavy atom. The van der Waals surface area contributed by atoms with E-state index in [-0.39, 0.29) is 18.9 Å². The van der Waals surface area contributed by atoms with Crippen molar-refractivity contribution in [2.75, 3.05) is 0 Å². The van der Waals surface area contributed by atoms with Crippen LogP contribution < -0.4 is 4.74 Å². The number of H-pyrrole nitrogens is 1. The van der Waals surface area contributed by atoms with Crippen LogP contribution in [-0.2, 0) is 24.0 Å². The van der Waals surface area contributed by atoms with E-state index in [0.717, 1.165) is 55.0 Å². The van der Waals surface area contributed by atoms with Crippen LogP contribution in [0.15, 0.2) is 42.6 Å². The summed E-state index contributed by atoms with van der Waals surface area (Å²) in [5, 5.41) is 9.76. The highest BCUT2D eigenvalue weighted by Gasteiger charge is 2.36. The van der Waals surface area contributed by atoms with E-state index in [4.69, 9.17) is 9.84 Å². The van der Waals surface area contributed by atoms with Crippen LogP contribution in [-0.4, -0.2) is 16.1 Å². The molecule has 1 aliphatic carbocycles. The number of alkyl halides is 3. The molecular weight excluding hydrogens is 431 g/mol. The molecule has 0 bridgehead atoms. The molecular formula is C26H28F3NO3. The third kappa shape index (κ3) is 5.70. The first-order chi connectivity index (χ1) is 15.8. The topological polar surface area (TPSA) is 62.3 Å². The van der Waals surface area contributed by atoms with E-state index in [1.165, 1.54) is 6.07 Å². The first kappa shape index (κ1) is 23.2. The third-order valence-corrected chi connectivity index (χ3v) is 6.45. The highest BCUT2D eigenvalue weighted by Crippen LogP contribution is 2.42. The molecule has 0 unspecified atom stereocenters. The van der Waals surface area contributed by atoms with Crippen LogP contribution in [0.3, 0.4) is 0 Å². The minimum Gasteiger partial charge on any atom is -0.489 e. The van der Waals surface area contributed by atoms with Gasteiger partial charge < -0.3 is 14.8 Å². The normalized spacial score (nSPS) is 14.8. The summed E-state index contributed by atoms with van der Waals surface area (Å²) in [4.78, 5) is 13.9. The molecule has 1 aliphatic rings. The van der Waals surface area contributed by atoms with Gasteiger partial charge in [0.2, 0.25) is 0 Å². The highest BCUT2D eigenvalue weighted by atomic mass is 19.4. The van der Waals surface area contributed by atoms with Gasteiger partial charge in [0.1, 0.15) is 12.4 Å². The minimum absolute atomic E-state index is 0.0125. The number of aromatic amines is 1. The van der Waals surface area contributed by atoms with E-state index < -0.39 is 17.7 Å². The lowest BCUT2D eigenvalue weighted by molar-refractivity contribution is -0.138. The number of benzene rings is 2. The van der Waals surface area contributed by atoms with Crippen LogP contribution in [0, 0.1) is 0 Å². The number of aromatic nitrogens is 1. The molecule has 4 rings (SSSR count). The van der Waals surface area contributed by atoms with Crippen molar-refractivity contribution in [1.29, 1.82) is 0 Å². The van der Waals surface area contributed by atoms with Crippen LogP contribution in [0.25, 0.3) is 10.9 Å². The average molecular weight is 460 g/mol. The zero-order valence-electron chi connectivity index (χ0n) is 18.4. The van der Waals surface area contributed by atoms with Gasteiger partial charge in [-0.1, -0.05) is 25.0 Å². The summed E-state index contributed by atoms with van der Waals surface area (Å²) in [7, 11) is 0. The van der Waals surface area contributed by atoms with Crippen LogP contribution in [0.4, 0.5) is 13.2 Å². The van der Waals surface area contributed by atoms with Gasteiger partial charge >= 0.3 is 12.1 Å².